The molecule has 5 heteroatoms. The monoisotopic (exact) mass is 221 g/mol. The molecular weight excluding hydrogens is 204 g/mol. The summed E-state index contributed by atoms with van der Waals surface area (Å²) >= 11 is 0. The molecule has 2 N–H and O–H groups in total. The predicted octanol–water partition coefficient (Wildman–Crippen LogP) is 1.73. The molecule has 0 heterocycles. The first-order valence-corrected chi connectivity index (χ1v) is 5.33. The summed E-state index contributed by atoms with van der Waals surface area (Å²) in [5.74, 6) is -1.14. The fraction of sp³-hybridized carbons (Fsp3) is 0.900. The molecule has 0 amide bonds. The molecule has 1 aliphatic rings. The van der Waals surface area contributed by atoms with Crippen LogP contribution in [0.4, 0.5) is 8.78 Å². The van der Waals surface area contributed by atoms with Gasteiger partial charge in [0, 0.05) is 0 Å². The Morgan fingerprint density at radius 2 is 2.07 bits per heavy atom. The predicted molar refractivity (Wildman–Crippen MR) is 52.0 cm³/mol. The van der Waals surface area contributed by atoms with E-state index in [1.54, 1.807) is 0 Å². The Labute approximate surface area is 87.9 Å². The average molecular weight is 221 g/mol. The Morgan fingerprint density at radius 1 is 1.40 bits per heavy atom. The number of rotatable bonds is 5. The molecule has 0 spiro atoms. The molecule has 0 aromatic heterocycles. The molecule has 1 fully saturated rings. The molecule has 0 saturated heterocycles. The third-order valence-corrected chi connectivity index (χ3v) is 2.93. The van der Waals surface area contributed by atoms with Crippen molar-refractivity contribution >= 4 is 5.97 Å². The summed E-state index contributed by atoms with van der Waals surface area (Å²) in [6.45, 7) is 0.0458. The Balaban J connectivity index is 2.33. The smallest absolute Gasteiger partial charge is 0.306 e. The summed E-state index contributed by atoms with van der Waals surface area (Å²) in [6, 6.07) is 0. The van der Waals surface area contributed by atoms with Crippen molar-refractivity contribution in [1.29, 1.82) is 0 Å². The number of aliphatic carboxylic acids is 1. The van der Waals surface area contributed by atoms with Crippen LogP contribution in [-0.2, 0) is 4.79 Å². The van der Waals surface area contributed by atoms with Gasteiger partial charge in [0.2, 0.25) is 0 Å². The van der Waals surface area contributed by atoms with Crippen LogP contribution in [0.3, 0.4) is 0 Å². The quantitative estimate of drug-likeness (QED) is 0.743. The topological polar surface area (TPSA) is 49.3 Å². The van der Waals surface area contributed by atoms with Gasteiger partial charge in [-0.25, -0.2) is 8.78 Å². The fourth-order valence-corrected chi connectivity index (χ4v) is 2.15. The molecule has 1 rings (SSSR count). The number of carboxylic acids is 1. The van der Waals surface area contributed by atoms with Crippen molar-refractivity contribution in [1.82, 2.24) is 5.32 Å². The Hall–Kier alpha value is -0.710. The third kappa shape index (κ3) is 4.11. The van der Waals surface area contributed by atoms with Crippen molar-refractivity contribution in [3.63, 3.8) is 0 Å². The van der Waals surface area contributed by atoms with Gasteiger partial charge in [-0.05, 0) is 25.3 Å². The summed E-state index contributed by atoms with van der Waals surface area (Å²) in [4.78, 5) is 10.9. The highest BCUT2D eigenvalue weighted by Crippen LogP contribution is 2.29. The van der Waals surface area contributed by atoms with E-state index in [1.165, 1.54) is 0 Å². The number of alkyl halides is 2. The first-order chi connectivity index (χ1) is 7.11. The van der Waals surface area contributed by atoms with E-state index in [0.717, 1.165) is 19.3 Å². The molecule has 0 aromatic carbocycles. The maximum Gasteiger partial charge on any atom is 0.306 e. The van der Waals surface area contributed by atoms with E-state index in [4.69, 9.17) is 5.11 Å². The first kappa shape index (κ1) is 12.4. The minimum atomic E-state index is -2.36. The zero-order valence-electron chi connectivity index (χ0n) is 8.59. The standard InChI is InChI=1S/C10H17F2NO2/c11-9(12)6-13-5-7-3-1-2-4-8(7)10(14)15/h7-9,13H,1-6H2,(H,14,15). The lowest BCUT2D eigenvalue weighted by Gasteiger charge is -2.28. The molecule has 1 saturated carbocycles. The molecule has 88 valence electrons. The summed E-state index contributed by atoms with van der Waals surface area (Å²) < 4.78 is 23.7. The average Bonchev–Trinajstić information content (AvgIpc) is 2.17. The van der Waals surface area contributed by atoms with E-state index in [1.807, 2.05) is 0 Å². The van der Waals surface area contributed by atoms with Gasteiger partial charge in [-0.15, -0.1) is 0 Å². The van der Waals surface area contributed by atoms with Crippen molar-refractivity contribution in [3.8, 4) is 0 Å². The van der Waals surface area contributed by atoms with Crippen LogP contribution < -0.4 is 5.32 Å². The van der Waals surface area contributed by atoms with Gasteiger partial charge >= 0.3 is 5.97 Å². The summed E-state index contributed by atoms with van der Waals surface area (Å²) in [5.41, 5.74) is 0. The van der Waals surface area contributed by atoms with Crippen LogP contribution in [0.25, 0.3) is 0 Å². The van der Waals surface area contributed by atoms with Crippen LogP contribution in [0.15, 0.2) is 0 Å². The van der Waals surface area contributed by atoms with E-state index < -0.39 is 12.4 Å². The van der Waals surface area contributed by atoms with Gasteiger partial charge in [-0.1, -0.05) is 12.8 Å². The molecule has 0 aliphatic heterocycles. The van der Waals surface area contributed by atoms with E-state index in [2.05, 4.69) is 5.32 Å². The molecule has 0 bridgehead atoms. The number of nitrogens with one attached hydrogen (secondary N) is 1. The van der Waals surface area contributed by atoms with Crippen molar-refractivity contribution in [3.05, 3.63) is 0 Å². The normalized spacial score (nSPS) is 26.9. The maximum absolute atomic E-state index is 11.9. The highest BCUT2D eigenvalue weighted by atomic mass is 19.3. The van der Waals surface area contributed by atoms with Gasteiger partial charge in [-0.3, -0.25) is 4.79 Å². The van der Waals surface area contributed by atoms with Gasteiger partial charge in [-0.2, -0.15) is 0 Å². The highest BCUT2D eigenvalue weighted by Gasteiger charge is 2.30. The fourth-order valence-electron chi connectivity index (χ4n) is 2.15. The Morgan fingerprint density at radius 3 is 2.67 bits per heavy atom. The number of hydrogen-bond donors (Lipinski definition) is 2. The van der Waals surface area contributed by atoms with Crippen molar-refractivity contribution in [2.24, 2.45) is 11.8 Å². The van der Waals surface area contributed by atoms with E-state index >= 15 is 0 Å². The van der Waals surface area contributed by atoms with Gasteiger partial charge in [0.25, 0.3) is 6.43 Å². The second-order valence-corrected chi connectivity index (χ2v) is 4.04. The van der Waals surface area contributed by atoms with Crippen LogP contribution >= 0.6 is 0 Å². The highest BCUT2D eigenvalue weighted by molar-refractivity contribution is 5.70. The SMILES string of the molecule is O=C(O)C1CCCCC1CNCC(F)F. The van der Waals surface area contributed by atoms with E-state index in [-0.39, 0.29) is 18.4 Å². The van der Waals surface area contributed by atoms with Crippen LogP contribution in [0, 0.1) is 11.8 Å². The molecule has 0 aromatic rings. The maximum atomic E-state index is 11.9. The number of halogens is 2. The van der Waals surface area contributed by atoms with Crippen LogP contribution in [0.5, 0.6) is 0 Å². The zero-order valence-corrected chi connectivity index (χ0v) is 8.59. The summed E-state index contributed by atoms with van der Waals surface area (Å²) in [5, 5.41) is 11.6. The lowest BCUT2D eigenvalue weighted by Crippen LogP contribution is -2.36. The number of hydrogen-bond acceptors (Lipinski definition) is 2. The summed E-state index contributed by atoms with van der Waals surface area (Å²) in [6.07, 6.45) is 1.08. The van der Waals surface area contributed by atoms with Crippen LogP contribution in [-0.4, -0.2) is 30.6 Å². The molecular formula is C10H17F2NO2. The zero-order chi connectivity index (χ0) is 11.3. The molecule has 3 nitrogen and oxygen atoms in total. The largest absolute Gasteiger partial charge is 0.481 e. The summed E-state index contributed by atoms with van der Waals surface area (Å²) in [7, 11) is 0. The Bertz CT molecular complexity index is 212. The first-order valence-electron chi connectivity index (χ1n) is 5.33. The molecule has 2 atom stereocenters. The van der Waals surface area contributed by atoms with Crippen molar-refractivity contribution in [2.75, 3.05) is 13.1 Å². The lowest BCUT2D eigenvalue weighted by molar-refractivity contribution is -0.144. The van der Waals surface area contributed by atoms with E-state index in [0.29, 0.717) is 13.0 Å². The van der Waals surface area contributed by atoms with E-state index in [9.17, 15) is 13.6 Å². The number of carbonyl (C=O) groups is 1. The van der Waals surface area contributed by atoms with Crippen molar-refractivity contribution in [2.45, 2.75) is 32.1 Å². The minimum absolute atomic E-state index is 0.00926. The molecule has 0 radical (unpaired) electrons. The van der Waals surface area contributed by atoms with Gasteiger partial charge in [0.05, 0.1) is 12.5 Å². The molecule has 1 aliphatic carbocycles. The van der Waals surface area contributed by atoms with Gasteiger partial charge < -0.3 is 10.4 Å². The van der Waals surface area contributed by atoms with Gasteiger partial charge in [0.15, 0.2) is 0 Å². The van der Waals surface area contributed by atoms with Crippen LogP contribution in [0.1, 0.15) is 25.7 Å². The molecule has 15 heavy (non-hydrogen) atoms. The minimum Gasteiger partial charge on any atom is -0.481 e. The second-order valence-electron chi connectivity index (χ2n) is 4.04. The number of carboxylic acid groups (broad SMARTS) is 1. The Kier molecular flexibility index (Phi) is 4.94. The van der Waals surface area contributed by atoms with Crippen LogP contribution in [0.2, 0.25) is 0 Å². The molecule has 2 unspecified atom stereocenters. The van der Waals surface area contributed by atoms with Gasteiger partial charge in [0.1, 0.15) is 0 Å². The van der Waals surface area contributed by atoms with Crippen molar-refractivity contribution < 1.29 is 18.7 Å². The second kappa shape index (κ2) is 6.00. The third-order valence-electron chi connectivity index (χ3n) is 2.93. The lowest BCUT2D eigenvalue weighted by atomic mass is 9.79.